The number of likely N-dealkylation sites (tertiary alicyclic amines) is 1. The van der Waals surface area contributed by atoms with Crippen molar-refractivity contribution in [2.45, 2.75) is 30.6 Å². The van der Waals surface area contributed by atoms with Crippen molar-refractivity contribution in [2.75, 3.05) is 55.6 Å². The number of benzene rings is 2. The van der Waals surface area contributed by atoms with Crippen molar-refractivity contribution in [3.05, 3.63) is 54.1 Å². The summed E-state index contributed by atoms with van der Waals surface area (Å²) in [4.78, 5) is 4.94. The van der Waals surface area contributed by atoms with E-state index in [0.29, 0.717) is 24.8 Å². The molecule has 2 aromatic carbocycles. The van der Waals surface area contributed by atoms with E-state index in [1.165, 1.54) is 18.4 Å². The first-order valence-electron chi connectivity index (χ1n) is 10.8. The lowest BCUT2D eigenvalue weighted by Gasteiger charge is -2.29. The molecule has 0 amide bonds. The van der Waals surface area contributed by atoms with Crippen LogP contribution in [0.2, 0.25) is 0 Å². The molecule has 1 N–H and O–H groups in total. The largest absolute Gasteiger partial charge is 0.378 e. The van der Waals surface area contributed by atoms with Gasteiger partial charge in [0.15, 0.2) is 0 Å². The van der Waals surface area contributed by atoms with Crippen LogP contribution in [0.4, 0.5) is 11.4 Å². The van der Waals surface area contributed by atoms with Crippen LogP contribution >= 0.6 is 0 Å². The summed E-state index contributed by atoms with van der Waals surface area (Å²) in [6.07, 6.45) is 2.35. The first-order chi connectivity index (χ1) is 14.5. The number of sulfonamides is 1. The highest BCUT2D eigenvalue weighted by Crippen LogP contribution is 2.29. The molecule has 0 bridgehead atoms. The van der Waals surface area contributed by atoms with Gasteiger partial charge in [-0.2, -0.15) is 0 Å². The summed E-state index contributed by atoms with van der Waals surface area (Å²) in [5.74, 6) is 0.535. The summed E-state index contributed by atoms with van der Waals surface area (Å²) in [5, 5.41) is 0. The normalized spacial score (nSPS) is 20.4. The molecule has 2 aliphatic rings. The number of rotatable bonds is 7. The summed E-state index contributed by atoms with van der Waals surface area (Å²) in [5.41, 5.74) is 2.79. The molecule has 6 nitrogen and oxygen atoms in total. The van der Waals surface area contributed by atoms with Gasteiger partial charge in [0.1, 0.15) is 0 Å². The van der Waals surface area contributed by atoms with Gasteiger partial charge < -0.3 is 14.5 Å². The van der Waals surface area contributed by atoms with E-state index in [1.54, 1.807) is 18.2 Å². The number of hydrogen-bond donors (Lipinski definition) is 1. The molecule has 162 valence electrons. The average Bonchev–Trinajstić information content (AvgIpc) is 3.24. The second-order valence-electron chi connectivity index (χ2n) is 8.11. The average molecular weight is 430 g/mol. The quantitative estimate of drug-likeness (QED) is 0.730. The summed E-state index contributed by atoms with van der Waals surface area (Å²) in [7, 11) is -3.64. The lowest BCUT2D eigenvalue weighted by Crippen LogP contribution is -2.36. The molecule has 7 heteroatoms. The fraction of sp³-hybridized carbons (Fsp3) is 0.478. The molecule has 2 aliphatic heterocycles. The Bertz CT molecular complexity index is 940. The summed E-state index contributed by atoms with van der Waals surface area (Å²) in [6, 6.07) is 15.0. The van der Waals surface area contributed by atoms with E-state index in [2.05, 4.69) is 33.6 Å². The fourth-order valence-corrected chi connectivity index (χ4v) is 5.43. The van der Waals surface area contributed by atoms with Crippen LogP contribution in [0.3, 0.4) is 0 Å². The first kappa shape index (κ1) is 21.2. The highest BCUT2D eigenvalue weighted by molar-refractivity contribution is 7.92. The van der Waals surface area contributed by atoms with E-state index in [-0.39, 0.29) is 4.90 Å². The van der Waals surface area contributed by atoms with E-state index in [1.807, 2.05) is 18.2 Å². The van der Waals surface area contributed by atoms with Crippen molar-refractivity contribution in [3.8, 4) is 0 Å². The minimum absolute atomic E-state index is 0.279. The van der Waals surface area contributed by atoms with Crippen LogP contribution in [-0.2, 0) is 14.8 Å². The van der Waals surface area contributed by atoms with Crippen molar-refractivity contribution in [1.82, 2.24) is 4.90 Å². The van der Waals surface area contributed by atoms with Crippen LogP contribution in [0, 0.1) is 0 Å². The molecule has 0 radical (unpaired) electrons. The smallest absolute Gasteiger partial charge is 0.261 e. The van der Waals surface area contributed by atoms with E-state index >= 15 is 0 Å². The standard InChI is InChI=1S/C23H31N3O3S/c1-2-11-25-12-10-20(18-25)19-6-8-21(9-7-19)24-30(27,28)23-5-3-4-22(17-23)26-13-15-29-16-14-26/h3-9,17,20,24H,2,10-16,18H2,1H3. The van der Waals surface area contributed by atoms with Gasteiger partial charge in [-0.15, -0.1) is 0 Å². The van der Waals surface area contributed by atoms with E-state index in [4.69, 9.17) is 4.74 Å². The molecule has 0 aromatic heterocycles. The molecule has 1 atom stereocenters. The van der Waals surface area contributed by atoms with E-state index < -0.39 is 10.0 Å². The SMILES string of the molecule is CCCN1CCC(c2ccc(NS(=O)(=O)c3cccc(N4CCOCC4)c3)cc2)C1. The van der Waals surface area contributed by atoms with Gasteiger partial charge in [0.25, 0.3) is 10.0 Å². The number of hydrogen-bond acceptors (Lipinski definition) is 5. The van der Waals surface area contributed by atoms with Crippen molar-refractivity contribution in [1.29, 1.82) is 0 Å². The molecule has 2 saturated heterocycles. The molecular weight excluding hydrogens is 398 g/mol. The number of anilines is 2. The van der Waals surface area contributed by atoms with Crippen molar-refractivity contribution < 1.29 is 13.2 Å². The maximum Gasteiger partial charge on any atom is 0.261 e. The maximum atomic E-state index is 12.9. The first-order valence-corrected chi connectivity index (χ1v) is 12.3. The topological polar surface area (TPSA) is 61.9 Å². The minimum Gasteiger partial charge on any atom is -0.378 e. The number of nitrogens with one attached hydrogen (secondary N) is 1. The highest BCUT2D eigenvalue weighted by Gasteiger charge is 2.23. The molecule has 4 rings (SSSR count). The van der Waals surface area contributed by atoms with Gasteiger partial charge in [0, 0.05) is 31.0 Å². The van der Waals surface area contributed by atoms with Crippen LogP contribution in [-0.4, -0.2) is 59.3 Å². The molecule has 2 aromatic rings. The Labute approximate surface area is 179 Å². The Morgan fingerprint density at radius 2 is 1.83 bits per heavy atom. The van der Waals surface area contributed by atoms with Crippen molar-refractivity contribution in [2.24, 2.45) is 0 Å². The predicted molar refractivity (Wildman–Crippen MR) is 121 cm³/mol. The number of nitrogens with zero attached hydrogens (tertiary/aromatic N) is 2. The fourth-order valence-electron chi connectivity index (χ4n) is 4.33. The second kappa shape index (κ2) is 9.37. The number of ether oxygens (including phenoxy) is 1. The maximum absolute atomic E-state index is 12.9. The van der Waals surface area contributed by atoms with Gasteiger partial charge in [-0.1, -0.05) is 25.1 Å². The zero-order valence-corrected chi connectivity index (χ0v) is 18.4. The molecule has 1 unspecified atom stereocenters. The van der Waals surface area contributed by atoms with Gasteiger partial charge in [0.05, 0.1) is 18.1 Å². The Morgan fingerprint density at radius 3 is 2.57 bits per heavy atom. The van der Waals surface area contributed by atoms with Crippen LogP contribution in [0.5, 0.6) is 0 Å². The lowest BCUT2D eigenvalue weighted by atomic mass is 9.98. The van der Waals surface area contributed by atoms with Gasteiger partial charge >= 0.3 is 0 Å². The summed E-state index contributed by atoms with van der Waals surface area (Å²) >= 11 is 0. The Kier molecular flexibility index (Phi) is 6.61. The van der Waals surface area contributed by atoms with Gasteiger partial charge in [-0.05, 0) is 67.7 Å². The summed E-state index contributed by atoms with van der Waals surface area (Å²) in [6.45, 7) is 8.48. The monoisotopic (exact) mass is 429 g/mol. The Balaban J connectivity index is 1.43. The molecule has 0 aliphatic carbocycles. The van der Waals surface area contributed by atoms with Gasteiger partial charge in [-0.3, -0.25) is 4.72 Å². The van der Waals surface area contributed by atoms with Crippen LogP contribution in [0.1, 0.15) is 31.2 Å². The summed E-state index contributed by atoms with van der Waals surface area (Å²) < 4.78 is 34.0. The zero-order chi connectivity index (χ0) is 21.0. The highest BCUT2D eigenvalue weighted by atomic mass is 32.2. The third-order valence-electron chi connectivity index (χ3n) is 5.95. The van der Waals surface area contributed by atoms with Crippen LogP contribution in [0.25, 0.3) is 0 Å². The molecule has 30 heavy (non-hydrogen) atoms. The van der Waals surface area contributed by atoms with Gasteiger partial charge in [-0.25, -0.2) is 8.42 Å². The zero-order valence-electron chi connectivity index (χ0n) is 17.6. The van der Waals surface area contributed by atoms with Crippen molar-refractivity contribution >= 4 is 21.4 Å². The Hall–Kier alpha value is -2.09. The molecule has 2 fully saturated rings. The molecular formula is C23H31N3O3S. The predicted octanol–water partition coefficient (Wildman–Crippen LogP) is 3.52. The van der Waals surface area contributed by atoms with E-state index in [9.17, 15) is 8.42 Å². The van der Waals surface area contributed by atoms with Crippen LogP contribution < -0.4 is 9.62 Å². The van der Waals surface area contributed by atoms with E-state index in [0.717, 1.165) is 38.4 Å². The number of morpholine rings is 1. The molecule has 2 heterocycles. The van der Waals surface area contributed by atoms with Gasteiger partial charge in [0.2, 0.25) is 0 Å². The van der Waals surface area contributed by atoms with Crippen molar-refractivity contribution in [3.63, 3.8) is 0 Å². The third-order valence-corrected chi connectivity index (χ3v) is 7.33. The lowest BCUT2D eigenvalue weighted by molar-refractivity contribution is 0.122. The third kappa shape index (κ3) is 4.96. The Morgan fingerprint density at radius 1 is 1.07 bits per heavy atom. The molecule has 0 spiro atoms. The minimum atomic E-state index is -3.64. The molecule has 0 saturated carbocycles. The second-order valence-corrected chi connectivity index (χ2v) is 9.79. The van der Waals surface area contributed by atoms with Crippen LogP contribution in [0.15, 0.2) is 53.4 Å².